The van der Waals surface area contributed by atoms with Crippen LogP contribution < -0.4 is 16.4 Å². The molecule has 6 nitrogen and oxygen atoms in total. The molecular formula is C8H14ClN3O3. The number of carbonyl (C=O) groups excluding carboxylic acids is 3. The molecule has 1 rings (SSSR count). The number of carbonyl (C=O) groups is 3. The molecule has 4 N–H and O–H groups in total. The Morgan fingerprint density at radius 1 is 1.60 bits per heavy atom. The molecule has 15 heavy (non-hydrogen) atoms. The van der Waals surface area contributed by atoms with Gasteiger partial charge < -0.3 is 11.1 Å². The summed E-state index contributed by atoms with van der Waals surface area (Å²) in [7, 11) is 0. The van der Waals surface area contributed by atoms with E-state index in [1.807, 2.05) is 0 Å². The Balaban J connectivity index is 0.00000196. The first-order valence-corrected chi connectivity index (χ1v) is 4.40. The van der Waals surface area contributed by atoms with Gasteiger partial charge in [0.05, 0.1) is 6.04 Å². The van der Waals surface area contributed by atoms with Gasteiger partial charge in [-0.05, 0) is 13.3 Å². The number of rotatable bonds is 2. The molecule has 0 saturated carbocycles. The first kappa shape index (κ1) is 13.9. The maximum Gasteiger partial charge on any atom is 0.249 e. The molecule has 86 valence electrons. The lowest BCUT2D eigenvalue weighted by atomic mass is 10.1. The molecule has 0 bridgehead atoms. The fourth-order valence-electron chi connectivity index (χ4n) is 1.13. The molecular weight excluding hydrogens is 222 g/mol. The van der Waals surface area contributed by atoms with Gasteiger partial charge in [0.2, 0.25) is 17.7 Å². The van der Waals surface area contributed by atoms with Crippen LogP contribution in [-0.2, 0) is 14.4 Å². The largest absolute Gasteiger partial charge is 0.343 e. The monoisotopic (exact) mass is 235 g/mol. The van der Waals surface area contributed by atoms with Gasteiger partial charge in [-0.1, -0.05) is 0 Å². The first-order valence-electron chi connectivity index (χ1n) is 4.40. The summed E-state index contributed by atoms with van der Waals surface area (Å²) >= 11 is 0. The van der Waals surface area contributed by atoms with Crippen molar-refractivity contribution in [3.05, 3.63) is 0 Å². The summed E-state index contributed by atoms with van der Waals surface area (Å²) in [4.78, 5) is 33.1. The molecule has 0 aromatic heterocycles. The van der Waals surface area contributed by atoms with E-state index in [1.165, 1.54) is 6.92 Å². The van der Waals surface area contributed by atoms with E-state index in [0.29, 0.717) is 6.42 Å². The van der Waals surface area contributed by atoms with Crippen molar-refractivity contribution in [2.24, 2.45) is 5.73 Å². The Morgan fingerprint density at radius 2 is 2.20 bits per heavy atom. The van der Waals surface area contributed by atoms with E-state index in [9.17, 15) is 14.4 Å². The van der Waals surface area contributed by atoms with Crippen LogP contribution in [0.5, 0.6) is 0 Å². The number of nitrogens with two attached hydrogens (primary N) is 1. The molecule has 1 unspecified atom stereocenters. The topological polar surface area (TPSA) is 101 Å². The summed E-state index contributed by atoms with van der Waals surface area (Å²) in [5.74, 6) is -1.16. The predicted octanol–water partition coefficient (Wildman–Crippen LogP) is -1.32. The Bertz CT molecular complexity index is 280. The van der Waals surface area contributed by atoms with Crippen molar-refractivity contribution in [2.75, 3.05) is 0 Å². The Kier molecular flexibility index (Phi) is 5.24. The fraction of sp³-hybridized carbons (Fsp3) is 0.625. The van der Waals surface area contributed by atoms with E-state index in [1.54, 1.807) is 0 Å². The van der Waals surface area contributed by atoms with Crippen LogP contribution in [0.15, 0.2) is 0 Å². The van der Waals surface area contributed by atoms with E-state index in [4.69, 9.17) is 5.73 Å². The number of amides is 3. The molecule has 0 aromatic rings. The third kappa shape index (κ3) is 3.85. The lowest BCUT2D eigenvalue weighted by Gasteiger charge is -2.22. The first-order chi connectivity index (χ1) is 6.50. The van der Waals surface area contributed by atoms with E-state index in [0.717, 1.165) is 0 Å². The molecule has 0 aromatic carbocycles. The van der Waals surface area contributed by atoms with Gasteiger partial charge in [0.15, 0.2) is 0 Å². The Morgan fingerprint density at radius 3 is 2.67 bits per heavy atom. The highest BCUT2D eigenvalue weighted by Crippen LogP contribution is 2.03. The zero-order valence-corrected chi connectivity index (χ0v) is 9.10. The number of piperidine rings is 1. The third-order valence-corrected chi connectivity index (χ3v) is 1.97. The van der Waals surface area contributed by atoms with E-state index in [2.05, 4.69) is 10.6 Å². The smallest absolute Gasteiger partial charge is 0.249 e. The number of hydrogen-bond donors (Lipinski definition) is 3. The van der Waals surface area contributed by atoms with Gasteiger partial charge in [0.1, 0.15) is 6.04 Å². The lowest BCUT2D eigenvalue weighted by molar-refractivity contribution is -0.137. The van der Waals surface area contributed by atoms with Gasteiger partial charge >= 0.3 is 0 Å². The van der Waals surface area contributed by atoms with Crippen LogP contribution in [0.4, 0.5) is 0 Å². The standard InChI is InChI=1S/C8H13N3O3.ClH/c1-4(9)7(13)10-5-2-3-6(12)11-8(5)14;/h4-5H,2-3,9H2,1H3,(H,10,13)(H,11,12,14);1H/t4-,5?;/m1./s1. The van der Waals surface area contributed by atoms with E-state index < -0.39 is 18.0 Å². The van der Waals surface area contributed by atoms with E-state index >= 15 is 0 Å². The summed E-state index contributed by atoms with van der Waals surface area (Å²) < 4.78 is 0. The van der Waals surface area contributed by atoms with Gasteiger partial charge in [-0.25, -0.2) is 0 Å². The second kappa shape index (κ2) is 5.67. The molecule has 1 aliphatic heterocycles. The fourth-order valence-corrected chi connectivity index (χ4v) is 1.13. The Labute approximate surface area is 93.4 Å². The second-order valence-corrected chi connectivity index (χ2v) is 3.30. The van der Waals surface area contributed by atoms with Crippen LogP contribution in [0.3, 0.4) is 0 Å². The van der Waals surface area contributed by atoms with Crippen molar-refractivity contribution in [3.8, 4) is 0 Å². The van der Waals surface area contributed by atoms with Crippen molar-refractivity contribution < 1.29 is 14.4 Å². The zero-order chi connectivity index (χ0) is 10.7. The molecule has 0 spiro atoms. The highest BCUT2D eigenvalue weighted by Gasteiger charge is 2.28. The minimum Gasteiger partial charge on any atom is -0.343 e. The van der Waals surface area contributed by atoms with Crippen LogP contribution in [0.25, 0.3) is 0 Å². The molecule has 1 fully saturated rings. The van der Waals surface area contributed by atoms with Crippen molar-refractivity contribution in [3.63, 3.8) is 0 Å². The molecule has 3 amide bonds. The van der Waals surface area contributed by atoms with Crippen molar-refractivity contribution in [2.45, 2.75) is 31.8 Å². The van der Waals surface area contributed by atoms with Crippen LogP contribution in [-0.4, -0.2) is 29.8 Å². The van der Waals surface area contributed by atoms with Crippen LogP contribution in [0.2, 0.25) is 0 Å². The maximum absolute atomic E-state index is 11.2. The van der Waals surface area contributed by atoms with Crippen LogP contribution in [0.1, 0.15) is 19.8 Å². The van der Waals surface area contributed by atoms with Gasteiger partial charge in [-0.3, -0.25) is 19.7 Å². The van der Waals surface area contributed by atoms with Gasteiger partial charge in [-0.2, -0.15) is 0 Å². The summed E-state index contributed by atoms with van der Waals surface area (Å²) in [6.07, 6.45) is 0.582. The number of nitrogens with one attached hydrogen (secondary N) is 2. The minimum absolute atomic E-state index is 0. The molecule has 1 aliphatic rings. The van der Waals surface area contributed by atoms with Crippen molar-refractivity contribution >= 4 is 30.1 Å². The summed E-state index contributed by atoms with van der Waals surface area (Å²) in [5, 5.41) is 4.60. The average Bonchev–Trinajstić information content (AvgIpc) is 2.09. The molecule has 1 heterocycles. The predicted molar refractivity (Wildman–Crippen MR) is 55.2 cm³/mol. The molecule has 7 heteroatoms. The summed E-state index contributed by atoms with van der Waals surface area (Å²) in [6.45, 7) is 1.53. The minimum atomic E-state index is -0.652. The van der Waals surface area contributed by atoms with Crippen LogP contribution in [0, 0.1) is 0 Å². The number of halogens is 1. The van der Waals surface area contributed by atoms with Gasteiger partial charge in [0.25, 0.3) is 0 Å². The van der Waals surface area contributed by atoms with E-state index in [-0.39, 0.29) is 30.6 Å². The normalized spacial score (nSPS) is 22.4. The van der Waals surface area contributed by atoms with Gasteiger partial charge in [0, 0.05) is 6.42 Å². The molecule has 1 saturated heterocycles. The SMILES string of the molecule is C[C@@H](N)C(=O)NC1CCC(=O)NC1=O.Cl. The lowest BCUT2D eigenvalue weighted by Crippen LogP contribution is -2.54. The summed E-state index contributed by atoms with van der Waals surface area (Å²) in [5.41, 5.74) is 5.32. The highest BCUT2D eigenvalue weighted by atomic mass is 35.5. The number of hydrogen-bond acceptors (Lipinski definition) is 4. The highest BCUT2D eigenvalue weighted by molar-refractivity contribution is 6.01. The number of imide groups is 1. The molecule has 0 radical (unpaired) electrons. The van der Waals surface area contributed by atoms with Gasteiger partial charge in [-0.15, -0.1) is 12.4 Å². The van der Waals surface area contributed by atoms with Crippen LogP contribution >= 0.6 is 12.4 Å². The van der Waals surface area contributed by atoms with Crippen molar-refractivity contribution in [1.82, 2.24) is 10.6 Å². The maximum atomic E-state index is 11.2. The molecule has 0 aliphatic carbocycles. The molecule has 2 atom stereocenters. The Hall–Kier alpha value is -1.14. The third-order valence-electron chi connectivity index (χ3n) is 1.97. The summed E-state index contributed by atoms with van der Waals surface area (Å²) in [6, 6.07) is -1.29. The second-order valence-electron chi connectivity index (χ2n) is 3.30. The quantitative estimate of drug-likeness (QED) is 0.517. The average molecular weight is 236 g/mol. The van der Waals surface area contributed by atoms with Crippen molar-refractivity contribution in [1.29, 1.82) is 0 Å². The zero-order valence-electron chi connectivity index (χ0n) is 8.28.